The molecule has 0 aliphatic carbocycles. The maximum absolute atomic E-state index is 11.6. The van der Waals surface area contributed by atoms with Crippen LogP contribution in [0.15, 0.2) is 42.5 Å². The van der Waals surface area contributed by atoms with E-state index < -0.39 is 0 Å². The number of carbonyl (C=O) groups excluding carboxylic acids is 1. The quantitative estimate of drug-likeness (QED) is 0.854. The van der Waals surface area contributed by atoms with Crippen LogP contribution in [-0.4, -0.2) is 49.2 Å². The fourth-order valence-electron chi connectivity index (χ4n) is 3.11. The van der Waals surface area contributed by atoms with Crippen molar-refractivity contribution in [2.24, 2.45) is 0 Å². The number of carbonyl (C=O) groups is 1. The summed E-state index contributed by atoms with van der Waals surface area (Å²) in [5, 5.41) is 2.60. The topological polar surface area (TPSA) is 32.8 Å². The van der Waals surface area contributed by atoms with E-state index in [1.54, 1.807) is 4.90 Å². The number of fused-ring (bicyclic) bond motifs is 1. The maximum atomic E-state index is 11.6. The lowest BCUT2D eigenvalue weighted by molar-refractivity contribution is 0.124. The molecule has 0 aromatic heterocycles. The molecule has 1 saturated heterocycles. The Kier molecular flexibility index (Phi) is 4.59. The van der Waals surface area contributed by atoms with Crippen LogP contribution in [0, 0.1) is 0 Å². The predicted molar refractivity (Wildman–Crippen MR) is 87.8 cm³/mol. The van der Waals surface area contributed by atoms with Gasteiger partial charge in [-0.2, -0.15) is 0 Å². The van der Waals surface area contributed by atoms with Gasteiger partial charge in [-0.25, -0.2) is 4.79 Å². The van der Waals surface area contributed by atoms with Crippen molar-refractivity contribution in [3.8, 4) is 0 Å². The molecule has 1 aliphatic heterocycles. The fourth-order valence-corrected chi connectivity index (χ4v) is 3.11. The largest absolute Gasteiger partial charge is 0.453 e. The standard InChI is InChI=1S/C18H22N2O2/c1-22-18(21)20-11-5-10-19(12-13-20)14-16-8-4-7-15-6-2-3-9-17(15)16/h2-4,6-9H,5,10-14H2,1H3. The molecule has 4 heteroatoms. The SMILES string of the molecule is COC(=O)N1CCCN(Cc2cccc3ccccc23)CC1. The minimum atomic E-state index is -0.216. The number of hydrogen-bond donors (Lipinski definition) is 0. The van der Waals surface area contributed by atoms with Gasteiger partial charge in [0.25, 0.3) is 0 Å². The molecule has 3 rings (SSSR count). The summed E-state index contributed by atoms with van der Waals surface area (Å²) >= 11 is 0. The zero-order chi connectivity index (χ0) is 15.4. The lowest BCUT2D eigenvalue weighted by Gasteiger charge is -2.21. The Bertz CT molecular complexity index is 651. The Hall–Kier alpha value is -2.07. The van der Waals surface area contributed by atoms with Crippen molar-refractivity contribution in [3.05, 3.63) is 48.0 Å². The molecule has 1 heterocycles. The third-order valence-corrected chi connectivity index (χ3v) is 4.30. The highest BCUT2D eigenvalue weighted by Gasteiger charge is 2.19. The first-order valence-electron chi connectivity index (χ1n) is 7.80. The second kappa shape index (κ2) is 6.79. The summed E-state index contributed by atoms with van der Waals surface area (Å²) in [7, 11) is 1.45. The van der Waals surface area contributed by atoms with Gasteiger partial charge in [0.05, 0.1) is 7.11 Å². The first kappa shape index (κ1) is 14.9. The molecule has 2 aromatic rings. The molecule has 1 fully saturated rings. The number of hydrogen-bond acceptors (Lipinski definition) is 3. The second-order valence-electron chi connectivity index (χ2n) is 5.73. The molecular formula is C18H22N2O2. The summed E-state index contributed by atoms with van der Waals surface area (Å²) in [5.74, 6) is 0. The average Bonchev–Trinajstić information content (AvgIpc) is 2.80. The molecule has 0 atom stereocenters. The van der Waals surface area contributed by atoms with E-state index in [0.717, 1.165) is 39.1 Å². The highest BCUT2D eigenvalue weighted by molar-refractivity contribution is 5.85. The Morgan fingerprint density at radius 3 is 2.73 bits per heavy atom. The molecule has 0 saturated carbocycles. The highest BCUT2D eigenvalue weighted by atomic mass is 16.5. The first-order chi connectivity index (χ1) is 10.8. The van der Waals surface area contributed by atoms with Gasteiger partial charge in [0.15, 0.2) is 0 Å². The van der Waals surface area contributed by atoms with Crippen LogP contribution in [0.1, 0.15) is 12.0 Å². The second-order valence-corrected chi connectivity index (χ2v) is 5.73. The molecule has 0 bridgehead atoms. The van der Waals surface area contributed by atoms with Crippen LogP contribution in [0.5, 0.6) is 0 Å². The average molecular weight is 298 g/mol. The number of methoxy groups -OCH3 is 1. The molecule has 2 aromatic carbocycles. The smallest absolute Gasteiger partial charge is 0.409 e. The van der Waals surface area contributed by atoms with Gasteiger partial charge in [0.2, 0.25) is 0 Å². The Morgan fingerprint density at radius 1 is 1.05 bits per heavy atom. The summed E-state index contributed by atoms with van der Waals surface area (Å²) < 4.78 is 4.82. The monoisotopic (exact) mass is 298 g/mol. The number of nitrogens with zero attached hydrogens (tertiary/aromatic N) is 2. The zero-order valence-electron chi connectivity index (χ0n) is 13.0. The van der Waals surface area contributed by atoms with E-state index in [-0.39, 0.29) is 6.09 Å². The van der Waals surface area contributed by atoms with Gasteiger partial charge in [-0.3, -0.25) is 4.90 Å². The Balaban J connectivity index is 1.71. The Morgan fingerprint density at radius 2 is 1.86 bits per heavy atom. The van der Waals surface area contributed by atoms with Crippen LogP contribution in [0.25, 0.3) is 10.8 Å². The van der Waals surface area contributed by atoms with Crippen LogP contribution in [-0.2, 0) is 11.3 Å². The van der Waals surface area contributed by atoms with E-state index >= 15 is 0 Å². The summed E-state index contributed by atoms with van der Waals surface area (Å²) in [4.78, 5) is 15.9. The lowest BCUT2D eigenvalue weighted by Crippen LogP contribution is -2.34. The lowest BCUT2D eigenvalue weighted by atomic mass is 10.0. The Labute approximate surface area is 131 Å². The normalized spacial score (nSPS) is 16.5. The van der Waals surface area contributed by atoms with Gasteiger partial charge < -0.3 is 9.64 Å². The molecule has 0 radical (unpaired) electrons. The van der Waals surface area contributed by atoms with Crippen molar-refractivity contribution in [2.75, 3.05) is 33.3 Å². The van der Waals surface area contributed by atoms with Crippen molar-refractivity contribution in [2.45, 2.75) is 13.0 Å². The first-order valence-corrected chi connectivity index (χ1v) is 7.80. The van der Waals surface area contributed by atoms with E-state index in [2.05, 4.69) is 47.4 Å². The van der Waals surface area contributed by atoms with E-state index in [4.69, 9.17) is 4.74 Å². The summed E-state index contributed by atoms with van der Waals surface area (Å²) in [6.45, 7) is 4.33. The third-order valence-electron chi connectivity index (χ3n) is 4.30. The molecule has 22 heavy (non-hydrogen) atoms. The van der Waals surface area contributed by atoms with Gasteiger partial charge in [0, 0.05) is 32.7 Å². The molecule has 116 valence electrons. The number of ether oxygens (including phenoxy) is 1. The van der Waals surface area contributed by atoms with Crippen LogP contribution < -0.4 is 0 Å². The summed E-state index contributed by atoms with van der Waals surface area (Å²) in [6.07, 6.45) is 0.770. The summed E-state index contributed by atoms with van der Waals surface area (Å²) in [5.41, 5.74) is 1.35. The minimum absolute atomic E-state index is 0.216. The van der Waals surface area contributed by atoms with Crippen LogP contribution in [0.2, 0.25) is 0 Å². The van der Waals surface area contributed by atoms with Crippen molar-refractivity contribution in [1.82, 2.24) is 9.80 Å². The van der Waals surface area contributed by atoms with Crippen molar-refractivity contribution >= 4 is 16.9 Å². The molecule has 1 aliphatic rings. The fraction of sp³-hybridized carbons (Fsp3) is 0.389. The number of benzene rings is 2. The van der Waals surface area contributed by atoms with Crippen molar-refractivity contribution in [3.63, 3.8) is 0 Å². The van der Waals surface area contributed by atoms with Crippen molar-refractivity contribution in [1.29, 1.82) is 0 Å². The van der Waals surface area contributed by atoms with Gasteiger partial charge in [-0.05, 0) is 22.8 Å². The molecule has 0 unspecified atom stereocenters. The van der Waals surface area contributed by atoms with Crippen molar-refractivity contribution < 1.29 is 9.53 Å². The van der Waals surface area contributed by atoms with Crippen LogP contribution in [0.3, 0.4) is 0 Å². The van der Waals surface area contributed by atoms with Gasteiger partial charge >= 0.3 is 6.09 Å². The third kappa shape index (κ3) is 3.22. The van der Waals surface area contributed by atoms with Gasteiger partial charge in [-0.1, -0.05) is 42.5 Å². The molecule has 4 nitrogen and oxygen atoms in total. The zero-order valence-corrected chi connectivity index (χ0v) is 13.0. The highest BCUT2D eigenvalue weighted by Crippen LogP contribution is 2.20. The maximum Gasteiger partial charge on any atom is 0.409 e. The van der Waals surface area contributed by atoms with Gasteiger partial charge in [0.1, 0.15) is 0 Å². The van der Waals surface area contributed by atoms with E-state index in [1.807, 2.05) is 0 Å². The molecule has 1 amide bonds. The van der Waals surface area contributed by atoms with Crippen LogP contribution in [0.4, 0.5) is 4.79 Å². The predicted octanol–water partition coefficient (Wildman–Crippen LogP) is 3.11. The minimum Gasteiger partial charge on any atom is -0.453 e. The molecule has 0 spiro atoms. The van der Waals surface area contributed by atoms with E-state index in [1.165, 1.54) is 23.4 Å². The molecule has 0 N–H and O–H groups in total. The van der Waals surface area contributed by atoms with Gasteiger partial charge in [-0.15, -0.1) is 0 Å². The van der Waals surface area contributed by atoms with E-state index in [9.17, 15) is 4.79 Å². The van der Waals surface area contributed by atoms with Crippen LogP contribution >= 0.6 is 0 Å². The number of rotatable bonds is 2. The summed E-state index contributed by atoms with van der Waals surface area (Å²) in [6, 6.07) is 15.0. The molecular weight excluding hydrogens is 276 g/mol. The number of amides is 1. The van der Waals surface area contributed by atoms with E-state index in [0.29, 0.717) is 0 Å².